The number of carbonyl (C=O) groups is 1. The summed E-state index contributed by atoms with van der Waals surface area (Å²) in [5.74, 6) is 1.20. The van der Waals surface area contributed by atoms with Crippen molar-refractivity contribution >= 4 is 22.5 Å². The summed E-state index contributed by atoms with van der Waals surface area (Å²) < 4.78 is 0. The van der Waals surface area contributed by atoms with E-state index in [9.17, 15) is 9.90 Å². The monoisotopic (exact) mass is 421 g/mol. The van der Waals surface area contributed by atoms with E-state index in [1.807, 2.05) is 37.3 Å². The maximum absolute atomic E-state index is 11.6. The Kier molecular flexibility index (Phi) is 7.72. The Hall–Kier alpha value is -2.82. The number of imidazole rings is 1. The van der Waals surface area contributed by atoms with Crippen molar-refractivity contribution in [3.05, 3.63) is 42.0 Å². The summed E-state index contributed by atoms with van der Waals surface area (Å²) in [6.07, 6.45) is 6.42. The number of carbonyl (C=O) groups excluding carboxylic acids is 1. The molecule has 1 atom stereocenters. The Labute approximate surface area is 185 Å². The van der Waals surface area contributed by atoms with Gasteiger partial charge in [-0.2, -0.15) is 0 Å². The minimum absolute atomic E-state index is 0.103. The predicted molar refractivity (Wildman–Crippen MR) is 129 cm³/mol. The van der Waals surface area contributed by atoms with Crippen molar-refractivity contribution in [3.8, 4) is 17.1 Å². The standard InChI is InChI=1S/C20H21N3O2.C6H14/c1-12-3-5-17-18(9-12)22-20(21-17)16-10-15(4-6-19(16)25)23-8-7-14(11-23)13(2)24;1-3-5-6-4-2/h3-6,9-10,14,25H,7-8,11H2,1-2H3,(H,21,22);3-6H2,1-2H3. The molecule has 1 unspecified atom stereocenters. The molecule has 3 aromatic rings. The highest BCUT2D eigenvalue weighted by Gasteiger charge is 2.26. The van der Waals surface area contributed by atoms with Gasteiger partial charge in [-0.1, -0.05) is 45.6 Å². The van der Waals surface area contributed by atoms with Crippen molar-refractivity contribution < 1.29 is 9.90 Å². The highest BCUT2D eigenvalue weighted by molar-refractivity contribution is 5.83. The smallest absolute Gasteiger partial charge is 0.142 e. The van der Waals surface area contributed by atoms with Gasteiger partial charge in [-0.15, -0.1) is 0 Å². The third-order valence-corrected chi connectivity index (χ3v) is 5.96. The van der Waals surface area contributed by atoms with Crippen LogP contribution in [-0.4, -0.2) is 33.9 Å². The molecule has 1 aliphatic heterocycles. The molecule has 2 aromatic carbocycles. The number of H-pyrrole nitrogens is 1. The van der Waals surface area contributed by atoms with Crippen LogP contribution in [0.15, 0.2) is 36.4 Å². The van der Waals surface area contributed by atoms with E-state index < -0.39 is 0 Å². The number of fused-ring (bicyclic) bond motifs is 1. The van der Waals surface area contributed by atoms with Gasteiger partial charge in [-0.25, -0.2) is 4.98 Å². The average molecular weight is 422 g/mol. The first kappa shape index (κ1) is 22.9. The van der Waals surface area contributed by atoms with Gasteiger partial charge in [0.15, 0.2) is 0 Å². The van der Waals surface area contributed by atoms with E-state index in [4.69, 9.17) is 0 Å². The van der Waals surface area contributed by atoms with E-state index in [1.54, 1.807) is 13.0 Å². The molecule has 0 amide bonds. The Morgan fingerprint density at radius 2 is 1.90 bits per heavy atom. The van der Waals surface area contributed by atoms with Crippen LogP contribution in [0.2, 0.25) is 0 Å². The Bertz CT molecular complexity index is 1020. The van der Waals surface area contributed by atoms with Gasteiger partial charge in [0.25, 0.3) is 0 Å². The molecule has 0 bridgehead atoms. The van der Waals surface area contributed by atoms with E-state index in [0.29, 0.717) is 11.4 Å². The highest BCUT2D eigenvalue weighted by atomic mass is 16.3. The number of aromatic nitrogens is 2. The van der Waals surface area contributed by atoms with Crippen molar-refractivity contribution in [1.82, 2.24) is 9.97 Å². The molecule has 0 saturated carbocycles. The molecule has 5 heteroatoms. The molecule has 4 rings (SSSR count). The summed E-state index contributed by atoms with van der Waals surface area (Å²) in [7, 11) is 0. The SMILES string of the molecule is CC(=O)C1CCN(c2ccc(O)c(-c3nc4ccc(C)cc4[nH]3)c2)C1.CCCCCC. The molecule has 0 aliphatic carbocycles. The van der Waals surface area contributed by atoms with Crippen LogP contribution in [0.3, 0.4) is 0 Å². The van der Waals surface area contributed by atoms with Crippen molar-refractivity contribution in [2.45, 2.75) is 59.8 Å². The first-order chi connectivity index (χ1) is 14.9. The molecule has 5 nitrogen and oxygen atoms in total. The maximum atomic E-state index is 11.6. The van der Waals surface area contributed by atoms with Crippen LogP contribution >= 0.6 is 0 Å². The number of ketones is 1. The molecule has 0 spiro atoms. The fourth-order valence-corrected chi connectivity index (χ4v) is 3.99. The third kappa shape index (κ3) is 5.66. The second-order valence-corrected chi connectivity index (χ2v) is 8.56. The van der Waals surface area contributed by atoms with Gasteiger partial charge < -0.3 is 15.0 Å². The van der Waals surface area contributed by atoms with Crippen LogP contribution < -0.4 is 4.90 Å². The second kappa shape index (κ2) is 10.5. The zero-order chi connectivity index (χ0) is 22.4. The van der Waals surface area contributed by atoms with Crippen molar-refractivity contribution in [1.29, 1.82) is 0 Å². The van der Waals surface area contributed by atoms with Gasteiger partial charge in [-0.05, 0) is 56.2 Å². The minimum Gasteiger partial charge on any atom is -0.507 e. The predicted octanol–water partition coefficient (Wildman–Crippen LogP) is 6.25. The molecular weight excluding hydrogens is 386 g/mol. The molecule has 1 fully saturated rings. The van der Waals surface area contributed by atoms with Crippen LogP contribution in [0.5, 0.6) is 5.75 Å². The van der Waals surface area contributed by atoms with Crippen LogP contribution in [0.4, 0.5) is 5.69 Å². The Morgan fingerprint density at radius 1 is 1.16 bits per heavy atom. The van der Waals surface area contributed by atoms with Crippen molar-refractivity contribution in [2.75, 3.05) is 18.0 Å². The van der Waals surface area contributed by atoms with Crippen LogP contribution in [-0.2, 0) is 4.79 Å². The quantitative estimate of drug-likeness (QED) is 0.462. The fraction of sp³-hybridized carbons (Fsp3) is 0.462. The number of aromatic amines is 1. The number of aryl methyl sites for hydroxylation is 1. The number of aromatic hydroxyl groups is 1. The number of nitrogens with one attached hydrogen (secondary N) is 1. The summed E-state index contributed by atoms with van der Waals surface area (Å²) >= 11 is 0. The Morgan fingerprint density at radius 3 is 2.55 bits per heavy atom. The zero-order valence-electron chi connectivity index (χ0n) is 19.2. The molecular formula is C26H35N3O2. The maximum Gasteiger partial charge on any atom is 0.142 e. The van der Waals surface area contributed by atoms with Gasteiger partial charge in [0.1, 0.15) is 17.4 Å². The lowest BCUT2D eigenvalue weighted by atomic mass is 10.1. The number of phenolic OH excluding ortho intramolecular Hbond substituents is 1. The Balaban J connectivity index is 0.000000401. The molecule has 166 valence electrons. The number of hydrogen-bond acceptors (Lipinski definition) is 4. The number of Topliss-reactive ketones (excluding diaryl/α,β-unsaturated/α-hetero) is 1. The molecule has 2 heterocycles. The van der Waals surface area contributed by atoms with E-state index in [1.165, 1.54) is 25.7 Å². The zero-order valence-corrected chi connectivity index (χ0v) is 19.2. The van der Waals surface area contributed by atoms with E-state index in [2.05, 4.69) is 28.7 Å². The molecule has 1 saturated heterocycles. The van der Waals surface area contributed by atoms with Crippen LogP contribution in [0, 0.1) is 12.8 Å². The number of nitrogens with zero attached hydrogens (tertiary/aromatic N) is 2. The van der Waals surface area contributed by atoms with Gasteiger partial charge in [-0.3, -0.25) is 4.79 Å². The fourth-order valence-electron chi connectivity index (χ4n) is 3.99. The second-order valence-electron chi connectivity index (χ2n) is 8.56. The summed E-state index contributed by atoms with van der Waals surface area (Å²) in [4.78, 5) is 21.7. The van der Waals surface area contributed by atoms with Crippen molar-refractivity contribution in [3.63, 3.8) is 0 Å². The summed E-state index contributed by atoms with van der Waals surface area (Å²) in [5, 5.41) is 10.3. The minimum atomic E-state index is 0.103. The first-order valence-electron chi connectivity index (χ1n) is 11.5. The molecule has 1 aromatic heterocycles. The molecule has 1 aliphatic rings. The van der Waals surface area contributed by atoms with E-state index >= 15 is 0 Å². The number of hydrogen-bond donors (Lipinski definition) is 2. The topological polar surface area (TPSA) is 69.2 Å². The normalized spacial score (nSPS) is 15.7. The number of rotatable bonds is 6. The van der Waals surface area contributed by atoms with Gasteiger partial charge in [0.05, 0.1) is 16.6 Å². The number of unbranched alkanes of at least 4 members (excludes halogenated alkanes) is 3. The summed E-state index contributed by atoms with van der Waals surface area (Å²) in [6.45, 7) is 9.75. The summed E-state index contributed by atoms with van der Waals surface area (Å²) in [5.41, 5.74) is 4.68. The largest absolute Gasteiger partial charge is 0.507 e. The lowest BCUT2D eigenvalue weighted by Crippen LogP contribution is -2.21. The number of phenols is 1. The molecule has 0 radical (unpaired) electrons. The van der Waals surface area contributed by atoms with Gasteiger partial charge in [0.2, 0.25) is 0 Å². The lowest BCUT2D eigenvalue weighted by molar-refractivity contribution is -0.120. The highest BCUT2D eigenvalue weighted by Crippen LogP contribution is 2.34. The average Bonchev–Trinajstić information content (AvgIpc) is 3.40. The van der Waals surface area contributed by atoms with E-state index in [0.717, 1.165) is 41.8 Å². The van der Waals surface area contributed by atoms with Gasteiger partial charge >= 0.3 is 0 Å². The number of benzene rings is 2. The van der Waals surface area contributed by atoms with E-state index in [-0.39, 0.29) is 17.5 Å². The van der Waals surface area contributed by atoms with Gasteiger partial charge in [0, 0.05) is 24.7 Å². The third-order valence-electron chi connectivity index (χ3n) is 5.96. The molecule has 31 heavy (non-hydrogen) atoms. The molecule has 2 N–H and O–H groups in total. The lowest BCUT2D eigenvalue weighted by Gasteiger charge is -2.19. The summed E-state index contributed by atoms with van der Waals surface area (Å²) in [6, 6.07) is 11.6. The van der Waals surface area contributed by atoms with Crippen LogP contribution in [0.25, 0.3) is 22.4 Å². The van der Waals surface area contributed by atoms with Crippen molar-refractivity contribution in [2.24, 2.45) is 5.92 Å². The number of anilines is 1. The van der Waals surface area contributed by atoms with Crippen LogP contribution in [0.1, 0.15) is 58.4 Å². The first-order valence-corrected chi connectivity index (χ1v) is 11.5.